The third-order valence-electron chi connectivity index (χ3n) is 4.28. The number of aryl methyl sites for hydroxylation is 2. The summed E-state index contributed by atoms with van der Waals surface area (Å²) in [5, 5.41) is 4.20. The van der Waals surface area contributed by atoms with Gasteiger partial charge in [0.1, 0.15) is 6.54 Å². The van der Waals surface area contributed by atoms with Crippen molar-refractivity contribution >= 4 is 5.91 Å². The number of rotatable bonds is 3. The molecule has 3 rings (SSSR count). The van der Waals surface area contributed by atoms with Crippen LogP contribution in [0.15, 0.2) is 24.7 Å². The van der Waals surface area contributed by atoms with Crippen LogP contribution < -0.4 is 0 Å². The lowest BCUT2D eigenvalue weighted by atomic mass is 9.97. The Labute approximate surface area is 130 Å². The molecule has 22 heavy (non-hydrogen) atoms. The summed E-state index contributed by atoms with van der Waals surface area (Å²) in [5.41, 5.74) is 1.55. The number of nitrogens with zero attached hydrogens (tertiary/aromatic N) is 5. The first-order valence-electron chi connectivity index (χ1n) is 7.59. The number of carbonyl (C=O) groups excluding carboxylic acids is 1. The Bertz CT molecular complexity index is 695. The highest BCUT2D eigenvalue weighted by Crippen LogP contribution is 2.36. The lowest BCUT2D eigenvalue weighted by Crippen LogP contribution is -2.45. The molecule has 1 unspecified atom stereocenters. The van der Waals surface area contributed by atoms with Crippen LogP contribution in [0, 0.1) is 13.8 Å². The monoisotopic (exact) mass is 299 g/mol. The molecule has 2 aromatic rings. The van der Waals surface area contributed by atoms with Gasteiger partial charge in [-0.25, -0.2) is 9.97 Å². The SMILES string of the molecule is Cc1cnn(CC(=O)N2CCCC2(C)c2nccc(C)n2)c1. The van der Waals surface area contributed by atoms with Crippen molar-refractivity contribution in [2.24, 2.45) is 0 Å². The fourth-order valence-corrected chi connectivity index (χ4v) is 3.08. The Morgan fingerprint density at radius 1 is 1.41 bits per heavy atom. The molecule has 0 spiro atoms. The molecule has 1 amide bonds. The fourth-order valence-electron chi connectivity index (χ4n) is 3.08. The number of hydrogen-bond acceptors (Lipinski definition) is 4. The lowest BCUT2D eigenvalue weighted by Gasteiger charge is -2.34. The van der Waals surface area contributed by atoms with Crippen molar-refractivity contribution in [3.8, 4) is 0 Å². The molecule has 0 radical (unpaired) electrons. The summed E-state index contributed by atoms with van der Waals surface area (Å²) in [6.45, 7) is 6.97. The maximum Gasteiger partial charge on any atom is 0.245 e. The highest BCUT2D eigenvalue weighted by molar-refractivity contribution is 5.77. The Balaban J connectivity index is 1.84. The molecule has 1 saturated heterocycles. The van der Waals surface area contributed by atoms with Crippen LogP contribution in [-0.2, 0) is 16.9 Å². The molecular formula is C16H21N5O. The largest absolute Gasteiger partial charge is 0.328 e. The smallest absolute Gasteiger partial charge is 0.245 e. The van der Waals surface area contributed by atoms with Gasteiger partial charge in [0.05, 0.1) is 11.7 Å². The first-order valence-corrected chi connectivity index (χ1v) is 7.59. The maximum absolute atomic E-state index is 12.7. The molecule has 116 valence electrons. The Kier molecular flexibility index (Phi) is 3.68. The summed E-state index contributed by atoms with van der Waals surface area (Å²) in [6.07, 6.45) is 7.27. The Morgan fingerprint density at radius 2 is 2.23 bits per heavy atom. The summed E-state index contributed by atoms with van der Waals surface area (Å²) in [5.74, 6) is 0.795. The Morgan fingerprint density at radius 3 is 2.91 bits per heavy atom. The zero-order valence-electron chi connectivity index (χ0n) is 13.3. The highest BCUT2D eigenvalue weighted by Gasteiger charge is 2.43. The van der Waals surface area contributed by atoms with E-state index in [0.717, 1.165) is 36.5 Å². The van der Waals surface area contributed by atoms with Gasteiger partial charge in [0.2, 0.25) is 5.91 Å². The molecule has 1 aliphatic rings. The topological polar surface area (TPSA) is 63.9 Å². The van der Waals surface area contributed by atoms with E-state index in [1.54, 1.807) is 17.1 Å². The molecule has 0 saturated carbocycles. The summed E-state index contributed by atoms with van der Waals surface area (Å²) in [4.78, 5) is 23.6. The van der Waals surface area contributed by atoms with Gasteiger partial charge >= 0.3 is 0 Å². The van der Waals surface area contributed by atoms with E-state index >= 15 is 0 Å². The van der Waals surface area contributed by atoms with E-state index in [0.29, 0.717) is 0 Å². The average Bonchev–Trinajstić information content (AvgIpc) is 3.06. The minimum absolute atomic E-state index is 0.0632. The second-order valence-electron chi connectivity index (χ2n) is 6.16. The van der Waals surface area contributed by atoms with Crippen molar-refractivity contribution in [3.05, 3.63) is 41.7 Å². The minimum Gasteiger partial charge on any atom is -0.328 e. The van der Waals surface area contributed by atoms with Gasteiger partial charge < -0.3 is 4.90 Å². The molecule has 0 N–H and O–H groups in total. The van der Waals surface area contributed by atoms with Crippen LogP contribution in [-0.4, -0.2) is 37.1 Å². The zero-order chi connectivity index (χ0) is 15.7. The molecule has 6 heteroatoms. The van der Waals surface area contributed by atoms with E-state index in [4.69, 9.17) is 0 Å². The second-order valence-corrected chi connectivity index (χ2v) is 6.16. The second kappa shape index (κ2) is 5.51. The summed E-state index contributed by atoms with van der Waals surface area (Å²) < 4.78 is 1.69. The number of carbonyl (C=O) groups is 1. The van der Waals surface area contributed by atoms with Crippen LogP contribution in [0.3, 0.4) is 0 Å². The van der Waals surface area contributed by atoms with Gasteiger partial charge in [-0.2, -0.15) is 5.10 Å². The molecule has 1 atom stereocenters. The van der Waals surface area contributed by atoms with E-state index < -0.39 is 5.54 Å². The molecule has 3 heterocycles. The van der Waals surface area contributed by atoms with Gasteiger partial charge in [0.25, 0.3) is 0 Å². The molecule has 0 aromatic carbocycles. The molecule has 1 aliphatic heterocycles. The van der Waals surface area contributed by atoms with Gasteiger partial charge in [-0.1, -0.05) is 0 Å². The Hall–Kier alpha value is -2.24. The molecule has 1 fully saturated rings. The predicted octanol–water partition coefficient (Wildman–Crippen LogP) is 1.83. The number of hydrogen-bond donors (Lipinski definition) is 0. The van der Waals surface area contributed by atoms with Gasteiger partial charge in [-0.05, 0) is 45.2 Å². The molecular weight excluding hydrogens is 278 g/mol. The third-order valence-corrected chi connectivity index (χ3v) is 4.28. The van der Waals surface area contributed by atoms with Crippen LogP contribution in [0.2, 0.25) is 0 Å². The van der Waals surface area contributed by atoms with Gasteiger partial charge in [0, 0.05) is 24.6 Å². The van der Waals surface area contributed by atoms with Crippen molar-refractivity contribution < 1.29 is 4.79 Å². The summed E-state index contributed by atoms with van der Waals surface area (Å²) in [7, 11) is 0. The van der Waals surface area contributed by atoms with Crippen LogP contribution in [0.1, 0.15) is 36.8 Å². The fraction of sp³-hybridized carbons (Fsp3) is 0.500. The van der Waals surface area contributed by atoms with E-state index in [9.17, 15) is 4.79 Å². The van der Waals surface area contributed by atoms with E-state index in [-0.39, 0.29) is 12.5 Å². The van der Waals surface area contributed by atoms with Crippen molar-refractivity contribution in [2.45, 2.75) is 45.7 Å². The number of aromatic nitrogens is 4. The molecule has 2 aromatic heterocycles. The van der Waals surface area contributed by atoms with E-state index in [1.165, 1.54) is 0 Å². The van der Waals surface area contributed by atoms with Gasteiger partial charge in [-0.15, -0.1) is 0 Å². The summed E-state index contributed by atoms with van der Waals surface area (Å²) >= 11 is 0. The number of likely N-dealkylation sites (tertiary alicyclic amines) is 1. The standard InChI is InChI=1S/C16H21N5O/c1-12-9-18-20(10-12)11-14(22)21-8-4-6-16(21,3)15-17-7-5-13(2)19-15/h5,7,9-10H,4,6,8,11H2,1-3H3. The normalized spacial score (nSPS) is 21.3. The van der Waals surface area contributed by atoms with Crippen LogP contribution in [0.5, 0.6) is 0 Å². The zero-order valence-corrected chi connectivity index (χ0v) is 13.3. The van der Waals surface area contributed by atoms with Crippen LogP contribution >= 0.6 is 0 Å². The van der Waals surface area contributed by atoms with Crippen molar-refractivity contribution in [1.29, 1.82) is 0 Å². The van der Waals surface area contributed by atoms with Crippen molar-refractivity contribution in [3.63, 3.8) is 0 Å². The predicted molar refractivity (Wildman–Crippen MR) is 82.0 cm³/mol. The first kappa shape index (κ1) is 14.7. The van der Waals surface area contributed by atoms with Crippen molar-refractivity contribution in [1.82, 2.24) is 24.6 Å². The third kappa shape index (κ3) is 2.61. The van der Waals surface area contributed by atoms with Crippen LogP contribution in [0.4, 0.5) is 0 Å². The van der Waals surface area contributed by atoms with E-state index in [1.807, 2.05) is 31.0 Å². The van der Waals surface area contributed by atoms with E-state index in [2.05, 4.69) is 22.0 Å². The molecule has 0 aliphatic carbocycles. The first-order chi connectivity index (χ1) is 10.5. The average molecular weight is 299 g/mol. The number of amides is 1. The maximum atomic E-state index is 12.7. The lowest BCUT2D eigenvalue weighted by molar-refractivity contribution is -0.136. The van der Waals surface area contributed by atoms with Crippen molar-refractivity contribution in [2.75, 3.05) is 6.54 Å². The molecule has 0 bridgehead atoms. The van der Waals surface area contributed by atoms with Gasteiger partial charge in [-0.3, -0.25) is 9.48 Å². The minimum atomic E-state index is -0.425. The highest BCUT2D eigenvalue weighted by atomic mass is 16.2. The quantitative estimate of drug-likeness (QED) is 0.867. The molecule has 6 nitrogen and oxygen atoms in total. The van der Waals surface area contributed by atoms with Gasteiger partial charge in [0.15, 0.2) is 5.82 Å². The summed E-state index contributed by atoms with van der Waals surface area (Å²) in [6, 6.07) is 1.88. The van der Waals surface area contributed by atoms with Crippen LogP contribution in [0.25, 0.3) is 0 Å².